The van der Waals surface area contributed by atoms with E-state index in [1.54, 1.807) is 7.11 Å². The van der Waals surface area contributed by atoms with Crippen molar-refractivity contribution < 1.29 is 4.74 Å². The minimum atomic E-state index is 0.116. The fraction of sp³-hybridized carbons (Fsp3) is 0.357. The molecular formula is C14H15Cl2N5O. The van der Waals surface area contributed by atoms with Crippen molar-refractivity contribution in [3.8, 4) is 5.75 Å². The monoisotopic (exact) mass is 339 g/mol. The molecule has 0 amide bonds. The maximum Gasteiger partial charge on any atom is 0.231 e. The Bertz CT molecular complexity index is 641. The zero-order valence-electron chi connectivity index (χ0n) is 12.0. The van der Waals surface area contributed by atoms with E-state index in [1.807, 2.05) is 18.2 Å². The van der Waals surface area contributed by atoms with Gasteiger partial charge in [-0.25, -0.2) is 0 Å². The van der Waals surface area contributed by atoms with E-state index in [0.29, 0.717) is 5.95 Å². The summed E-state index contributed by atoms with van der Waals surface area (Å²) in [6.07, 6.45) is 0. The van der Waals surface area contributed by atoms with Crippen LogP contribution in [0.4, 0.5) is 11.6 Å². The molecule has 0 bridgehead atoms. The second-order valence-electron chi connectivity index (χ2n) is 4.85. The molecule has 1 aliphatic heterocycles. The smallest absolute Gasteiger partial charge is 0.231 e. The average molecular weight is 340 g/mol. The molecule has 2 heterocycles. The van der Waals surface area contributed by atoms with Crippen LogP contribution in [0.3, 0.4) is 0 Å². The van der Waals surface area contributed by atoms with Crippen LogP contribution in [0, 0.1) is 0 Å². The Labute approximate surface area is 138 Å². The fourth-order valence-corrected chi connectivity index (χ4v) is 2.78. The quantitative estimate of drug-likeness (QED) is 0.856. The van der Waals surface area contributed by atoms with Crippen molar-refractivity contribution in [2.75, 3.05) is 43.1 Å². The standard InChI is InChI=1S/C14H15Cl2N5O/c1-22-11-4-2-3-10(9-11)20-5-7-21(8-6-20)14-18-12(15)17-13(16)19-14/h2-4,9H,5-8H2,1H3. The summed E-state index contributed by atoms with van der Waals surface area (Å²) in [6, 6.07) is 8.04. The SMILES string of the molecule is COc1cccc(N2CCN(c3nc(Cl)nc(Cl)n3)CC2)c1. The van der Waals surface area contributed by atoms with E-state index >= 15 is 0 Å². The zero-order chi connectivity index (χ0) is 15.5. The Hall–Kier alpha value is -1.79. The summed E-state index contributed by atoms with van der Waals surface area (Å²) in [7, 11) is 1.67. The Kier molecular flexibility index (Phi) is 4.49. The van der Waals surface area contributed by atoms with Gasteiger partial charge in [0.2, 0.25) is 16.5 Å². The van der Waals surface area contributed by atoms with Gasteiger partial charge in [0.25, 0.3) is 0 Å². The summed E-state index contributed by atoms with van der Waals surface area (Å²) in [5.41, 5.74) is 1.14. The first-order valence-electron chi connectivity index (χ1n) is 6.87. The third-order valence-corrected chi connectivity index (χ3v) is 3.89. The second kappa shape index (κ2) is 6.54. The molecule has 1 aromatic heterocycles. The first kappa shape index (κ1) is 15.1. The first-order chi connectivity index (χ1) is 10.7. The summed E-state index contributed by atoms with van der Waals surface area (Å²) in [5, 5.41) is 0.232. The number of anilines is 2. The number of benzene rings is 1. The zero-order valence-corrected chi connectivity index (χ0v) is 13.5. The Morgan fingerprint density at radius 2 is 1.59 bits per heavy atom. The lowest BCUT2D eigenvalue weighted by molar-refractivity contribution is 0.414. The van der Waals surface area contributed by atoms with Crippen LogP contribution >= 0.6 is 23.2 Å². The van der Waals surface area contributed by atoms with E-state index < -0.39 is 0 Å². The maximum atomic E-state index is 5.83. The molecule has 1 aliphatic rings. The van der Waals surface area contributed by atoms with E-state index in [-0.39, 0.29) is 10.6 Å². The van der Waals surface area contributed by atoms with Crippen molar-refractivity contribution in [1.82, 2.24) is 15.0 Å². The molecule has 1 aromatic carbocycles. The van der Waals surface area contributed by atoms with Crippen molar-refractivity contribution >= 4 is 34.8 Å². The van der Waals surface area contributed by atoms with Crippen LogP contribution in [-0.4, -0.2) is 48.2 Å². The molecule has 0 saturated carbocycles. The van der Waals surface area contributed by atoms with Gasteiger partial charge in [-0.3, -0.25) is 0 Å². The molecule has 0 unspecified atom stereocenters. The molecule has 0 N–H and O–H groups in total. The Balaban J connectivity index is 1.69. The van der Waals surface area contributed by atoms with Crippen molar-refractivity contribution in [2.24, 2.45) is 0 Å². The predicted molar refractivity (Wildman–Crippen MR) is 87.3 cm³/mol. The molecule has 1 saturated heterocycles. The van der Waals surface area contributed by atoms with Crippen molar-refractivity contribution in [2.45, 2.75) is 0 Å². The van der Waals surface area contributed by atoms with Crippen molar-refractivity contribution in [1.29, 1.82) is 0 Å². The number of rotatable bonds is 3. The third-order valence-electron chi connectivity index (χ3n) is 3.55. The molecule has 0 aliphatic carbocycles. The van der Waals surface area contributed by atoms with Gasteiger partial charge >= 0.3 is 0 Å². The summed E-state index contributed by atoms with van der Waals surface area (Å²) >= 11 is 11.7. The summed E-state index contributed by atoms with van der Waals surface area (Å²) in [4.78, 5) is 16.4. The third kappa shape index (κ3) is 3.34. The highest BCUT2D eigenvalue weighted by Gasteiger charge is 2.20. The summed E-state index contributed by atoms with van der Waals surface area (Å²) in [6.45, 7) is 3.28. The molecule has 2 aromatic rings. The highest BCUT2D eigenvalue weighted by molar-refractivity contribution is 6.31. The van der Waals surface area contributed by atoms with Crippen LogP contribution in [0.15, 0.2) is 24.3 Å². The molecule has 0 spiro atoms. The van der Waals surface area contributed by atoms with Crippen LogP contribution in [0.5, 0.6) is 5.75 Å². The first-order valence-corrected chi connectivity index (χ1v) is 7.62. The molecule has 0 radical (unpaired) electrons. The summed E-state index contributed by atoms with van der Waals surface area (Å²) < 4.78 is 5.27. The van der Waals surface area contributed by atoms with Gasteiger partial charge in [-0.1, -0.05) is 6.07 Å². The topological polar surface area (TPSA) is 54.4 Å². The highest BCUT2D eigenvalue weighted by atomic mass is 35.5. The number of ether oxygens (including phenoxy) is 1. The number of methoxy groups -OCH3 is 1. The second-order valence-corrected chi connectivity index (χ2v) is 5.53. The molecule has 6 nitrogen and oxygen atoms in total. The molecule has 8 heteroatoms. The Morgan fingerprint density at radius 3 is 2.23 bits per heavy atom. The normalized spacial score (nSPS) is 15.0. The van der Waals surface area contributed by atoms with E-state index in [1.165, 1.54) is 0 Å². The summed E-state index contributed by atoms with van der Waals surface area (Å²) in [5.74, 6) is 1.38. The highest BCUT2D eigenvalue weighted by Crippen LogP contribution is 2.23. The van der Waals surface area contributed by atoms with Gasteiger partial charge in [0.15, 0.2) is 0 Å². The van der Waals surface area contributed by atoms with Crippen LogP contribution < -0.4 is 14.5 Å². The minimum Gasteiger partial charge on any atom is -0.497 e. The van der Waals surface area contributed by atoms with Crippen LogP contribution in [0.25, 0.3) is 0 Å². The van der Waals surface area contributed by atoms with Gasteiger partial charge in [0, 0.05) is 37.9 Å². The molecule has 3 rings (SSSR count). The largest absolute Gasteiger partial charge is 0.497 e. The fourth-order valence-electron chi connectivity index (χ4n) is 2.43. The van der Waals surface area contributed by atoms with E-state index in [9.17, 15) is 0 Å². The van der Waals surface area contributed by atoms with Crippen LogP contribution in [0.2, 0.25) is 10.6 Å². The van der Waals surface area contributed by atoms with Crippen LogP contribution in [0.1, 0.15) is 0 Å². The van der Waals surface area contributed by atoms with E-state index in [2.05, 4.69) is 30.8 Å². The lowest BCUT2D eigenvalue weighted by Crippen LogP contribution is -2.47. The number of hydrogen-bond acceptors (Lipinski definition) is 6. The van der Waals surface area contributed by atoms with Gasteiger partial charge in [0.05, 0.1) is 7.11 Å². The maximum absolute atomic E-state index is 5.83. The molecular weight excluding hydrogens is 325 g/mol. The lowest BCUT2D eigenvalue weighted by atomic mass is 10.2. The Morgan fingerprint density at radius 1 is 0.955 bits per heavy atom. The van der Waals surface area contributed by atoms with Gasteiger partial charge in [0.1, 0.15) is 5.75 Å². The van der Waals surface area contributed by atoms with Gasteiger partial charge in [-0.2, -0.15) is 15.0 Å². The number of hydrogen-bond donors (Lipinski definition) is 0. The van der Waals surface area contributed by atoms with Gasteiger partial charge < -0.3 is 14.5 Å². The van der Waals surface area contributed by atoms with Gasteiger partial charge in [-0.15, -0.1) is 0 Å². The molecule has 0 atom stereocenters. The molecule has 116 valence electrons. The number of nitrogens with zero attached hydrogens (tertiary/aromatic N) is 5. The van der Waals surface area contributed by atoms with Crippen molar-refractivity contribution in [3.63, 3.8) is 0 Å². The van der Waals surface area contributed by atoms with Crippen molar-refractivity contribution in [3.05, 3.63) is 34.8 Å². The minimum absolute atomic E-state index is 0.116. The molecule has 22 heavy (non-hydrogen) atoms. The van der Waals surface area contributed by atoms with Crippen LogP contribution in [-0.2, 0) is 0 Å². The van der Waals surface area contributed by atoms with E-state index in [4.69, 9.17) is 27.9 Å². The number of piperazine rings is 1. The van der Waals surface area contributed by atoms with Gasteiger partial charge in [-0.05, 0) is 35.3 Å². The van der Waals surface area contributed by atoms with E-state index in [0.717, 1.165) is 37.6 Å². The number of aromatic nitrogens is 3. The molecule has 1 fully saturated rings. The number of halogens is 2. The lowest BCUT2D eigenvalue weighted by Gasteiger charge is -2.36. The average Bonchev–Trinajstić information content (AvgIpc) is 2.54. The predicted octanol–water partition coefficient (Wildman–Crippen LogP) is 2.51.